The van der Waals surface area contributed by atoms with Crippen molar-refractivity contribution in [3.05, 3.63) is 75.3 Å². The van der Waals surface area contributed by atoms with Crippen LogP contribution in [0, 0.1) is 15.5 Å². The first-order valence-corrected chi connectivity index (χ1v) is 10.0. The minimum Gasteiger partial charge on any atom is -0.481 e. The molecule has 2 rings (SSSR count). The lowest BCUT2D eigenvalue weighted by Gasteiger charge is -2.27. The number of rotatable bonds is 8. The van der Waals surface area contributed by atoms with Gasteiger partial charge < -0.3 is 5.11 Å². The fourth-order valence-corrected chi connectivity index (χ4v) is 3.41. The van der Waals surface area contributed by atoms with Gasteiger partial charge in [0.1, 0.15) is 5.78 Å². The molecule has 0 spiro atoms. The van der Waals surface area contributed by atoms with Crippen LogP contribution in [0.4, 0.5) is 5.69 Å². The zero-order valence-electron chi connectivity index (χ0n) is 18.1. The standard InChI is InChI=1S/C24H29NO5/c1-15(2)16-6-8-17(9-7-16)20(14-21(26)24(3,4)5)22(23(27)28)18-10-12-19(13-11-18)25(29)30/h6-13,15,20,22H,14H2,1-5H3,(H,27,28). The van der Waals surface area contributed by atoms with Crippen molar-refractivity contribution in [2.75, 3.05) is 0 Å². The molecule has 0 bridgehead atoms. The number of nitro benzene ring substituents is 1. The summed E-state index contributed by atoms with van der Waals surface area (Å²) in [4.78, 5) is 35.6. The van der Waals surface area contributed by atoms with Crippen LogP contribution in [0.1, 0.15) is 75.5 Å². The number of carboxylic acids is 1. The van der Waals surface area contributed by atoms with Gasteiger partial charge in [-0.15, -0.1) is 0 Å². The van der Waals surface area contributed by atoms with E-state index in [1.165, 1.54) is 24.3 Å². The quantitative estimate of drug-likeness (QED) is 0.445. The second-order valence-electron chi connectivity index (χ2n) is 8.97. The third kappa shape index (κ3) is 5.53. The van der Waals surface area contributed by atoms with Gasteiger partial charge in [-0.1, -0.05) is 71.0 Å². The molecule has 2 atom stereocenters. The molecule has 6 heteroatoms. The zero-order chi connectivity index (χ0) is 22.6. The molecule has 2 aromatic carbocycles. The van der Waals surface area contributed by atoms with Crippen LogP contribution in [0.15, 0.2) is 48.5 Å². The number of Topliss-reactive ketones (excluding diaryl/α,β-unsaturated/α-hetero) is 1. The minimum atomic E-state index is -1.07. The summed E-state index contributed by atoms with van der Waals surface area (Å²) in [5.74, 6) is -2.35. The summed E-state index contributed by atoms with van der Waals surface area (Å²) in [5, 5.41) is 21.0. The molecule has 0 aliphatic rings. The van der Waals surface area contributed by atoms with Gasteiger partial charge in [-0.05, 0) is 22.6 Å². The maximum Gasteiger partial charge on any atom is 0.311 e. The SMILES string of the molecule is CC(C)c1ccc(C(CC(=O)C(C)(C)C)C(C(=O)O)c2ccc([N+](=O)[O-])cc2)cc1. The average Bonchev–Trinajstić information content (AvgIpc) is 2.66. The fourth-order valence-electron chi connectivity index (χ4n) is 3.41. The van der Waals surface area contributed by atoms with Crippen LogP contribution >= 0.6 is 0 Å². The molecule has 0 aliphatic heterocycles. The van der Waals surface area contributed by atoms with E-state index in [0.717, 1.165) is 11.1 Å². The number of carbonyl (C=O) groups is 2. The van der Waals surface area contributed by atoms with Crippen molar-refractivity contribution in [3.8, 4) is 0 Å². The van der Waals surface area contributed by atoms with Crippen LogP contribution in [-0.2, 0) is 9.59 Å². The predicted octanol–water partition coefficient (Wildman–Crippen LogP) is 5.68. The lowest BCUT2D eigenvalue weighted by atomic mass is 9.75. The molecular weight excluding hydrogens is 382 g/mol. The zero-order valence-corrected chi connectivity index (χ0v) is 18.1. The minimum absolute atomic E-state index is 0.0337. The fraction of sp³-hybridized carbons (Fsp3) is 0.417. The molecule has 0 radical (unpaired) electrons. The molecule has 0 saturated carbocycles. The van der Waals surface area contributed by atoms with E-state index >= 15 is 0 Å². The number of ketones is 1. The molecule has 0 aromatic heterocycles. The van der Waals surface area contributed by atoms with E-state index in [0.29, 0.717) is 11.5 Å². The van der Waals surface area contributed by atoms with Crippen molar-refractivity contribution in [1.82, 2.24) is 0 Å². The van der Waals surface area contributed by atoms with Crippen LogP contribution in [0.3, 0.4) is 0 Å². The molecule has 160 valence electrons. The number of benzene rings is 2. The number of nitrogens with zero attached hydrogens (tertiary/aromatic N) is 1. The van der Waals surface area contributed by atoms with Gasteiger partial charge in [0.05, 0.1) is 10.8 Å². The smallest absolute Gasteiger partial charge is 0.311 e. The van der Waals surface area contributed by atoms with Gasteiger partial charge in [-0.25, -0.2) is 0 Å². The van der Waals surface area contributed by atoms with E-state index < -0.39 is 28.1 Å². The summed E-state index contributed by atoms with van der Waals surface area (Å²) >= 11 is 0. The molecule has 30 heavy (non-hydrogen) atoms. The summed E-state index contributed by atoms with van der Waals surface area (Å²) in [6.45, 7) is 9.60. The van der Waals surface area contributed by atoms with Gasteiger partial charge in [0.25, 0.3) is 5.69 Å². The van der Waals surface area contributed by atoms with Crippen molar-refractivity contribution < 1.29 is 19.6 Å². The normalized spacial score (nSPS) is 13.7. The van der Waals surface area contributed by atoms with Gasteiger partial charge in [0, 0.05) is 29.9 Å². The van der Waals surface area contributed by atoms with E-state index in [1.54, 1.807) is 0 Å². The Hall–Kier alpha value is -3.02. The van der Waals surface area contributed by atoms with Crippen LogP contribution in [-0.4, -0.2) is 21.8 Å². The Morgan fingerprint density at radius 2 is 1.40 bits per heavy atom. The summed E-state index contributed by atoms with van der Waals surface area (Å²) in [7, 11) is 0. The molecule has 2 unspecified atom stereocenters. The third-order valence-corrected chi connectivity index (χ3v) is 5.40. The number of nitro groups is 1. The Morgan fingerprint density at radius 3 is 1.80 bits per heavy atom. The van der Waals surface area contributed by atoms with Crippen LogP contribution in [0.2, 0.25) is 0 Å². The number of carboxylic acid groups (broad SMARTS) is 1. The number of aliphatic carboxylic acids is 1. The molecule has 1 N–H and O–H groups in total. The van der Waals surface area contributed by atoms with Gasteiger partial charge in [-0.2, -0.15) is 0 Å². The van der Waals surface area contributed by atoms with Crippen LogP contribution in [0.5, 0.6) is 0 Å². The number of carbonyl (C=O) groups excluding carboxylic acids is 1. The van der Waals surface area contributed by atoms with Crippen molar-refractivity contribution in [3.63, 3.8) is 0 Å². The van der Waals surface area contributed by atoms with Gasteiger partial charge in [0.2, 0.25) is 0 Å². The second-order valence-corrected chi connectivity index (χ2v) is 8.97. The van der Waals surface area contributed by atoms with Gasteiger partial charge in [0.15, 0.2) is 0 Å². The summed E-state index contributed by atoms with van der Waals surface area (Å²) in [5.41, 5.74) is 1.62. The molecule has 0 fully saturated rings. The highest BCUT2D eigenvalue weighted by Gasteiger charge is 2.35. The number of non-ortho nitro benzene ring substituents is 1. The Bertz CT molecular complexity index is 908. The topological polar surface area (TPSA) is 97.5 Å². The molecule has 2 aromatic rings. The Morgan fingerprint density at radius 1 is 0.933 bits per heavy atom. The molecule has 6 nitrogen and oxygen atoms in total. The lowest BCUT2D eigenvalue weighted by Crippen LogP contribution is -2.27. The first kappa shape index (κ1) is 23.3. The lowest BCUT2D eigenvalue weighted by molar-refractivity contribution is -0.384. The highest BCUT2D eigenvalue weighted by molar-refractivity contribution is 5.86. The van der Waals surface area contributed by atoms with Crippen LogP contribution < -0.4 is 0 Å². The molecule has 0 amide bonds. The Balaban J connectivity index is 2.54. The first-order valence-electron chi connectivity index (χ1n) is 10.0. The van der Waals surface area contributed by atoms with Gasteiger partial charge >= 0.3 is 5.97 Å². The van der Waals surface area contributed by atoms with E-state index in [4.69, 9.17) is 0 Å². The van der Waals surface area contributed by atoms with Crippen LogP contribution in [0.25, 0.3) is 0 Å². The monoisotopic (exact) mass is 411 g/mol. The maximum absolute atomic E-state index is 12.8. The molecule has 0 heterocycles. The Labute approximate surface area is 177 Å². The highest BCUT2D eigenvalue weighted by Crippen LogP contribution is 2.39. The van der Waals surface area contributed by atoms with E-state index in [-0.39, 0.29) is 17.9 Å². The van der Waals surface area contributed by atoms with E-state index in [1.807, 2.05) is 45.0 Å². The Kier molecular flexibility index (Phi) is 7.13. The first-order chi connectivity index (χ1) is 13.9. The van der Waals surface area contributed by atoms with Crippen molar-refractivity contribution in [2.45, 2.75) is 58.8 Å². The molecule has 0 saturated heterocycles. The third-order valence-electron chi connectivity index (χ3n) is 5.40. The maximum atomic E-state index is 12.8. The van der Waals surface area contributed by atoms with Crippen molar-refractivity contribution >= 4 is 17.4 Å². The van der Waals surface area contributed by atoms with E-state index in [9.17, 15) is 24.8 Å². The predicted molar refractivity (Wildman–Crippen MR) is 116 cm³/mol. The second kappa shape index (κ2) is 9.20. The molecular formula is C24H29NO5. The highest BCUT2D eigenvalue weighted by atomic mass is 16.6. The van der Waals surface area contributed by atoms with Gasteiger partial charge in [-0.3, -0.25) is 19.7 Å². The number of hydrogen-bond acceptors (Lipinski definition) is 4. The summed E-state index contributed by atoms with van der Waals surface area (Å²) < 4.78 is 0. The van der Waals surface area contributed by atoms with Crippen molar-refractivity contribution in [1.29, 1.82) is 0 Å². The summed E-state index contributed by atoms with van der Waals surface area (Å²) in [6.07, 6.45) is 0.0679. The van der Waals surface area contributed by atoms with E-state index in [2.05, 4.69) is 13.8 Å². The van der Waals surface area contributed by atoms with Crippen molar-refractivity contribution in [2.24, 2.45) is 5.41 Å². The largest absolute Gasteiger partial charge is 0.481 e. The number of hydrogen-bond donors (Lipinski definition) is 1. The molecule has 0 aliphatic carbocycles. The summed E-state index contributed by atoms with van der Waals surface area (Å²) in [6, 6.07) is 13.2. The average molecular weight is 411 g/mol.